The number of benzene rings is 1. The van der Waals surface area contributed by atoms with Crippen molar-refractivity contribution in [3.63, 3.8) is 0 Å². The van der Waals surface area contributed by atoms with Crippen molar-refractivity contribution in [1.82, 2.24) is 0 Å². The van der Waals surface area contributed by atoms with Gasteiger partial charge in [0.05, 0.1) is 6.61 Å². The van der Waals surface area contributed by atoms with Gasteiger partial charge in [0.25, 0.3) is 0 Å². The van der Waals surface area contributed by atoms with Gasteiger partial charge < -0.3 is 4.74 Å². The number of rotatable bonds is 6. The van der Waals surface area contributed by atoms with Gasteiger partial charge in [0.1, 0.15) is 5.75 Å². The van der Waals surface area contributed by atoms with Crippen LogP contribution in [0.4, 0.5) is 0 Å². The molecule has 0 aliphatic rings. The highest BCUT2D eigenvalue weighted by molar-refractivity contribution is 9.10. The number of unbranched alkanes of at least 4 members (excludes halogenated alkanes) is 2. The van der Waals surface area contributed by atoms with Crippen molar-refractivity contribution >= 4 is 28.6 Å². The highest BCUT2D eigenvalue weighted by Crippen LogP contribution is 2.16. The van der Waals surface area contributed by atoms with E-state index < -0.39 is 0 Å². The van der Waals surface area contributed by atoms with Crippen LogP contribution in [-0.4, -0.2) is 12.4 Å². The molecule has 0 atom stereocenters. The van der Waals surface area contributed by atoms with Crippen molar-refractivity contribution < 1.29 is 4.74 Å². The molecule has 0 unspecified atom stereocenters. The number of hydrogen-bond donors (Lipinski definition) is 1. The van der Waals surface area contributed by atoms with Gasteiger partial charge in [-0.25, -0.2) is 0 Å². The quantitative estimate of drug-likeness (QED) is 0.611. The first-order valence-corrected chi connectivity index (χ1v) is 6.24. The first-order valence-electron chi connectivity index (χ1n) is 4.82. The van der Waals surface area contributed by atoms with Gasteiger partial charge in [0.15, 0.2) is 0 Å². The molecule has 1 aromatic carbocycles. The van der Waals surface area contributed by atoms with Gasteiger partial charge in [-0.2, -0.15) is 12.6 Å². The summed E-state index contributed by atoms with van der Waals surface area (Å²) in [6.07, 6.45) is 3.48. The molecule has 0 aliphatic carbocycles. The molecule has 1 aromatic rings. The molecule has 14 heavy (non-hydrogen) atoms. The maximum atomic E-state index is 5.56. The standard InChI is InChI=1S/C11H15BrOS/c12-10-4-6-11(7-5-10)13-8-2-1-3-9-14/h4-7,14H,1-3,8-9H2. The van der Waals surface area contributed by atoms with Gasteiger partial charge in [-0.05, 0) is 49.3 Å². The summed E-state index contributed by atoms with van der Waals surface area (Å²) in [6, 6.07) is 7.93. The van der Waals surface area contributed by atoms with Crippen LogP contribution >= 0.6 is 28.6 Å². The maximum Gasteiger partial charge on any atom is 0.119 e. The Labute approximate surface area is 99.4 Å². The first kappa shape index (κ1) is 11.9. The Morgan fingerprint density at radius 1 is 1.07 bits per heavy atom. The fourth-order valence-corrected chi connectivity index (χ4v) is 1.60. The van der Waals surface area contributed by atoms with Gasteiger partial charge >= 0.3 is 0 Å². The summed E-state index contributed by atoms with van der Waals surface area (Å²) in [4.78, 5) is 0. The lowest BCUT2D eigenvalue weighted by molar-refractivity contribution is 0.306. The maximum absolute atomic E-state index is 5.56. The third-order valence-electron chi connectivity index (χ3n) is 1.88. The zero-order chi connectivity index (χ0) is 10.2. The molecular weight excluding hydrogens is 260 g/mol. The SMILES string of the molecule is SCCCCCOc1ccc(Br)cc1. The summed E-state index contributed by atoms with van der Waals surface area (Å²) in [7, 11) is 0. The van der Waals surface area contributed by atoms with E-state index in [1.807, 2.05) is 24.3 Å². The molecule has 0 heterocycles. The van der Waals surface area contributed by atoms with Crippen molar-refractivity contribution in [1.29, 1.82) is 0 Å². The number of ether oxygens (including phenoxy) is 1. The first-order chi connectivity index (χ1) is 6.83. The molecule has 0 saturated carbocycles. The molecule has 78 valence electrons. The third-order valence-corrected chi connectivity index (χ3v) is 2.73. The zero-order valence-corrected chi connectivity index (χ0v) is 10.6. The summed E-state index contributed by atoms with van der Waals surface area (Å²) >= 11 is 7.54. The molecule has 3 heteroatoms. The molecule has 0 bridgehead atoms. The van der Waals surface area contributed by atoms with Crippen molar-refractivity contribution in [2.45, 2.75) is 19.3 Å². The van der Waals surface area contributed by atoms with E-state index >= 15 is 0 Å². The second-order valence-corrected chi connectivity index (χ2v) is 4.45. The van der Waals surface area contributed by atoms with E-state index in [1.54, 1.807) is 0 Å². The van der Waals surface area contributed by atoms with Gasteiger partial charge in [-0.1, -0.05) is 15.9 Å². The molecule has 0 spiro atoms. The number of halogens is 1. The number of hydrogen-bond acceptors (Lipinski definition) is 2. The highest BCUT2D eigenvalue weighted by Gasteiger charge is 1.93. The predicted molar refractivity (Wildman–Crippen MR) is 67.3 cm³/mol. The highest BCUT2D eigenvalue weighted by atomic mass is 79.9. The predicted octanol–water partition coefficient (Wildman–Crippen LogP) is 3.93. The van der Waals surface area contributed by atoms with Crippen LogP contribution in [0.2, 0.25) is 0 Å². The van der Waals surface area contributed by atoms with Crippen molar-refractivity contribution in [2.75, 3.05) is 12.4 Å². The van der Waals surface area contributed by atoms with E-state index in [9.17, 15) is 0 Å². The molecule has 0 radical (unpaired) electrons. The number of thiol groups is 1. The van der Waals surface area contributed by atoms with Crippen LogP contribution in [0.15, 0.2) is 28.7 Å². The minimum Gasteiger partial charge on any atom is -0.494 e. The van der Waals surface area contributed by atoms with Gasteiger partial charge in [-0.3, -0.25) is 0 Å². The van der Waals surface area contributed by atoms with Crippen LogP contribution in [0.25, 0.3) is 0 Å². The van der Waals surface area contributed by atoms with Crippen LogP contribution in [-0.2, 0) is 0 Å². The van der Waals surface area contributed by atoms with E-state index in [0.717, 1.165) is 29.0 Å². The Hall–Kier alpha value is -0.150. The summed E-state index contributed by atoms with van der Waals surface area (Å²) in [5.74, 6) is 1.91. The van der Waals surface area contributed by atoms with Crippen molar-refractivity contribution in [3.8, 4) is 5.75 Å². The average molecular weight is 275 g/mol. The Kier molecular flexibility index (Phi) is 6.12. The second kappa shape index (κ2) is 7.18. The molecular formula is C11H15BrOS. The Morgan fingerprint density at radius 3 is 2.43 bits per heavy atom. The van der Waals surface area contributed by atoms with E-state index in [1.165, 1.54) is 12.8 Å². The lowest BCUT2D eigenvalue weighted by Gasteiger charge is -2.05. The lowest BCUT2D eigenvalue weighted by Crippen LogP contribution is -1.97. The van der Waals surface area contributed by atoms with Crippen molar-refractivity contribution in [2.24, 2.45) is 0 Å². The van der Waals surface area contributed by atoms with Crippen LogP contribution < -0.4 is 4.74 Å². The molecule has 1 rings (SSSR count). The molecule has 0 fully saturated rings. The van der Waals surface area contributed by atoms with E-state index in [2.05, 4.69) is 28.6 Å². The molecule has 0 saturated heterocycles. The largest absolute Gasteiger partial charge is 0.494 e. The van der Waals surface area contributed by atoms with Crippen LogP contribution in [0.5, 0.6) is 5.75 Å². The van der Waals surface area contributed by atoms with Crippen LogP contribution in [0.3, 0.4) is 0 Å². The van der Waals surface area contributed by atoms with Gasteiger partial charge in [-0.15, -0.1) is 0 Å². The summed E-state index contributed by atoms with van der Waals surface area (Å²) < 4.78 is 6.65. The summed E-state index contributed by atoms with van der Waals surface area (Å²) in [6.45, 7) is 0.801. The molecule has 0 aromatic heterocycles. The van der Waals surface area contributed by atoms with Crippen LogP contribution in [0, 0.1) is 0 Å². The second-order valence-electron chi connectivity index (χ2n) is 3.09. The summed E-state index contributed by atoms with van der Waals surface area (Å²) in [5.41, 5.74) is 0. The van der Waals surface area contributed by atoms with E-state index in [-0.39, 0.29) is 0 Å². The van der Waals surface area contributed by atoms with Crippen LogP contribution in [0.1, 0.15) is 19.3 Å². The molecule has 1 nitrogen and oxygen atoms in total. The average Bonchev–Trinajstić information content (AvgIpc) is 2.21. The van der Waals surface area contributed by atoms with Gasteiger partial charge in [0, 0.05) is 4.47 Å². The minimum absolute atomic E-state index is 0.801. The lowest BCUT2D eigenvalue weighted by atomic mass is 10.3. The Morgan fingerprint density at radius 2 is 1.79 bits per heavy atom. The molecule has 0 N–H and O–H groups in total. The monoisotopic (exact) mass is 274 g/mol. The van der Waals surface area contributed by atoms with E-state index in [0.29, 0.717) is 0 Å². The Balaban J connectivity index is 2.15. The Bertz CT molecular complexity index is 248. The third kappa shape index (κ3) is 4.91. The molecule has 0 aliphatic heterocycles. The van der Waals surface area contributed by atoms with Gasteiger partial charge in [0.2, 0.25) is 0 Å². The van der Waals surface area contributed by atoms with Crippen molar-refractivity contribution in [3.05, 3.63) is 28.7 Å². The fourth-order valence-electron chi connectivity index (χ4n) is 1.11. The topological polar surface area (TPSA) is 9.23 Å². The minimum atomic E-state index is 0.801. The summed E-state index contributed by atoms with van der Waals surface area (Å²) in [5, 5.41) is 0. The smallest absolute Gasteiger partial charge is 0.119 e. The zero-order valence-electron chi connectivity index (χ0n) is 8.08. The molecule has 0 amide bonds. The normalized spacial score (nSPS) is 10.1. The van der Waals surface area contributed by atoms with E-state index in [4.69, 9.17) is 4.74 Å². The fraction of sp³-hybridized carbons (Fsp3) is 0.455.